The molecule has 1 amide bonds. The normalized spacial score (nSPS) is 22.3. The number of para-hydroxylation sites is 1. The summed E-state index contributed by atoms with van der Waals surface area (Å²) >= 11 is 0. The van der Waals surface area contributed by atoms with E-state index < -0.39 is 0 Å². The van der Waals surface area contributed by atoms with Gasteiger partial charge in [-0.2, -0.15) is 0 Å². The van der Waals surface area contributed by atoms with E-state index in [-0.39, 0.29) is 5.91 Å². The largest absolute Gasteiger partial charge is 0.384 e. The summed E-state index contributed by atoms with van der Waals surface area (Å²) in [4.78, 5) is 14.8. The summed E-state index contributed by atoms with van der Waals surface area (Å²) in [5.74, 6) is 0.363. The molecule has 1 aromatic rings. The molecule has 3 rings (SSSR count). The molecule has 5 heteroatoms. The number of hydrogen-bond acceptors (Lipinski definition) is 4. The van der Waals surface area contributed by atoms with Gasteiger partial charge in [0.2, 0.25) is 0 Å². The third kappa shape index (κ3) is 3.59. The van der Waals surface area contributed by atoms with Crippen LogP contribution in [0.5, 0.6) is 0 Å². The van der Waals surface area contributed by atoms with Crippen molar-refractivity contribution in [3.8, 4) is 0 Å². The molecule has 1 unspecified atom stereocenters. The van der Waals surface area contributed by atoms with Crippen LogP contribution in [0.15, 0.2) is 18.2 Å². The molecule has 0 bridgehead atoms. The molecule has 0 aliphatic carbocycles. The lowest BCUT2D eigenvalue weighted by Crippen LogP contribution is -2.36. The van der Waals surface area contributed by atoms with E-state index in [1.807, 2.05) is 12.1 Å². The average molecular weight is 303 g/mol. The number of aryl methyl sites for hydroxylation is 1. The van der Waals surface area contributed by atoms with Crippen molar-refractivity contribution in [3.05, 3.63) is 29.3 Å². The number of amides is 1. The standard InChI is InChI=1S/C17H25N3O2/c1-20-8-9-22-12-13(11-20)10-19-17(21)15-6-2-4-14-5-3-7-18-16(14)15/h2,4,6,13,18H,3,5,7-12H2,1H3,(H,19,21). The SMILES string of the molecule is CN1CCOCC(CNC(=O)c2cccc3c2NCCC3)C1. The van der Waals surface area contributed by atoms with E-state index in [2.05, 4.69) is 28.6 Å². The minimum Gasteiger partial charge on any atom is -0.384 e. The van der Waals surface area contributed by atoms with Crippen LogP contribution in [0.3, 0.4) is 0 Å². The average Bonchev–Trinajstić information content (AvgIpc) is 2.76. The fourth-order valence-electron chi connectivity index (χ4n) is 3.21. The maximum atomic E-state index is 12.5. The molecule has 0 saturated carbocycles. The zero-order chi connectivity index (χ0) is 15.4. The molecule has 1 saturated heterocycles. The molecule has 2 N–H and O–H groups in total. The summed E-state index contributed by atoms with van der Waals surface area (Å²) < 4.78 is 5.60. The molecule has 0 radical (unpaired) electrons. The van der Waals surface area contributed by atoms with Crippen LogP contribution in [0.25, 0.3) is 0 Å². The molecule has 0 aromatic heterocycles. The number of ether oxygens (including phenoxy) is 1. The van der Waals surface area contributed by atoms with Crippen LogP contribution in [0.4, 0.5) is 5.69 Å². The van der Waals surface area contributed by atoms with Crippen LogP contribution in [0, 0.1) is 5.92 Å². The Morgan fingerprint density at radius 2 is 2.41 bits per heavy atom. The van der Waals surface area contributed by atoms with Gasteiger partial charge in [0, 0.05) is 32.1 Å². The summed E-state index contributed by atoms with van der Waals surface area (Å²) in [6, 6.07) is 5.98. The number of hydrogen-bond donors (Lipinski definition) is 2. The van der Waals surface area contributed by atoms with Crippen molar-refractivity contribution in [1.29, 1.82) is 0 Å². The van der Waals surface area contributed by atoms with E-state index in [9.17, 15) is 4.79 Å². The second-order valence-corrected chi connectivity index (χ2v) is 6.28. The van der Waals surface area contributed by atoms with Gasteiger partial charge in [0.05, 0.1) is 24.5 Å². The summed E-state index contributed by atoms with van der Waals surface area (Å²) in [6.07, 6.45) is 2.18. The van der Waals surface area contributed by atoms with E-state index >= 15 is 0 Å². The number of anilines is 1. The van der Waals surface area contributed by atoms with Crippen molar-refractivity contribution in [2.24, 2.45) is 5.92 Å². The summed E-state index contributed by atoms with van der Waals surface area (Å²) in [5.41, 5.74) is 3.03. The molecular formula is C17H25N3O2. The van der Waals surface area contributed by atoms with Gasteiger partial charge < -0.3 is 20.3 Å². The van der Waals surface area contributed by atoms with Gasteiger partial charge in [0.15, 0.2) is 0 Å². The number of rotatable bonds is 3. The molecule has 22 heavy (non-hydrogen) atoms. The Morgan fingerprint density at radius 3 is 3.32 bits per heavy atom. The molecule has 2 aliphatic heterocycles. The monoisotopic (exact) mass is 303 g/mol. The smallest absolute Gasteiger partial charge is 0.253 e. The van der Waals surface area contributed by atoms with Crippen LogP contribution < -0.4 is 10.6 Å². The molecular weight excluding hydrogens is 278 g/mol. The van der Waals surface area contributed by atoms with Crippen LogP contribution in [0.2, 0.25) is 0 Å². The van der Waals surface area contributed by atoms with Crippen molar-refractivity contribution in [3.63, 3.8) is 0 Å². The summed E-state index contributed by atoms with van der Waals surface area (Å²) in [7, 11) is 2.10. The highest BCUT2D eigenvalue weighted by molar-refractivity contribution is 6.00. The number of carbonyl (C=O) groups is 1. The number of benzene rings is 1. The molecule has 5 nitrogen and oxygen atoms in total. The maximum Gasteiger partial charge on any atom is 0.253 e. The Morgan fingerprint density at radius 1 is 1.50 bits per heavy atom. The third-order valence-electron chi connectivity index (χ3n) is 4.41. The van der Waals surface area contributed by atoms with Crippen molar-refractivity contribution >= 4 is 11.6 Å². The van der Waals surface area contributed by atoms with Crippen molar-refractivity contribution in [1.82, 2.24) is 10.2 Å². The van der Waals surface area contributed by atoms with Gasteiger partial charge in [-0.05, 0) is 31.5 Å². The lowest BCUT2D eigenvalue weighted by molar-refractivity contribution is 0.0922. The Hall–Kier alpha value is -1.59. The van der Waals surface area contributed by atoms with Crippen molar-refractivity contribution in [2.75, 3.05) is 51.8 Å². The Bertz CT molecular complexity index is 533. The number of carbonyl (C=O) groups excluding carboxylic acids is 1. The summed E-state index contributed by atoms with van der Waals surface area (Å²) in [6.45, 7) is 5.02. The van der Waals surface area contributed by atoms with Gasteiger partial charge in [0.25, 0.3) is 5.91 Å². The van der Waals surface area contributed by atoms with E-state index in [0.717, 1.165) is 56.9 Å². The Balaban J connectivity index is 1.62. The van der Waals surface area contributed by atoms with Gasteiger partial charge in [-0.25, -0.2) is 0 Å². The lowest BCUT2D eigenvalue weighted by atomic mass is 9.99. The van der Waals surface area contributed by atoms with E-state index in [1.54, 1.807) is 0 Å². The van der Waals surface area contributed by atoms with Gasteiger partial charge in [-0.1, -0.05) is 12.1 Å². The first-order valence-corrected chi connectivity index (χ1v) is 8.14. The highest BCUT2D eigenvalue weighted by Gasteiger charge is 2.20. The van der Waals surface area contributed by atoms with E-state index in [4.69, 9.17) is 4.74 Å². The number of nitrogens with one attached hydrogen (secondary N) is 2. The van der Waals surface area contributed by atoms with Gasteiger partial charge in [-0.3, -0.25) is 4.79 Å². The third-order valence-corrected chi connectivity index (χ3v) is 4.41. The summed E-state index contributed by atoms with van der Waals surface area (Å²) in [5, 5.41) is 6.45. The quantitative estimate of drug-likeness (QED) is 0.885. The zero-order valence-electron chi connectivity index (χ0n) is 13.2. The zero-order valence-corrected chi connectivity index (χ0v) is 13.2. The number of likely N-dealkylation sites (N-methyl/N-ethyl adjacent to an activating group) is 1. The van der Waals surface area contributed by atoms with Gasteiger partial charge in [-0.15, -0.1) is 0 Å². The topological polar surface area (TPSA) is 53.6 Å². The Kier molecular flexibility index (Phi) is 4.95. The van der Waals surface area contributed by atoms with Gasteiger partial charge in [0.1, 0.15) is 0 Å². The molecule has 2 aliphatic rings. The van der Waals surface area contributed by atoms with E-state index in [1.165, 1.54) is 5.56 Å². The highest BCUT2D eigenvalue weighted by Crippen LogP contribution is 2.25. The van der Waals surface area contributed by atoms with Gasteiger partial charge >= 0.3 is 0 Å². The fourth-order valence-corrected chi connectivity index (χ4v) is 3.21. The molecule has 1 fully saturated rings. The predicted molar refractivity (Wildman–Crippen MR) is 87.4 cm³/mol. The number of fused-ring (bicyclic) bond motifs is 1. The minimum atomic E-state index is 0.0122. The van der Waals surface area contributed by atoms with Crippen molar-refractivity contribution < 1.29 is 9.53 Å². The first-order chi connectivity index (χ1) is 10.7. The second kappa shape index (κ2) is 7.11. The van der Waals surface area contributed by atoms with Crippen LogP contribution >= 0.6 is 0 Å². The Labute approximate surface area is 132 Å². The van der Waals surface area contributed by atoms with Crippen molar-refractivity contribution in [2.45, 2.75) is 12.8 Å². The molecule has 120 valence electrons. The first-order valence-electron chi connectivity index (χ1n) is 8.14. The van der Waals surface area contributed by atoms with Crippen LogP contribution in [0.1, 0.15) is 22.3 Å². The molecule has 0 spiro atoms. The van der Waals surface area contributed by atoms with Crippen LogP contribution in [-0.2, 0) is 11.2 Å². The second-order valence-electron chi connectivity index (χ2n) is 6.28. The predicted octanol–water partition coefficient (Wildman–Crippen LogP) is 1.35. The molecule has 2 heterocycles. The molecule has 1 atom stereocenters. The number of nitrogens with zero attached hydrogens (tertiary/aromatic N) is 1. The maximum absolute atomic E-state index is 12.5. The lowest BCUT2D eigenvalue weighted by Gasteiger charge is -2.22. The molecule has 1 aromatic carbocycles. The van der Waals surface area contributed by atoms with E-state index in [0.29, 0.717) is 12.5 Å². The van der Waals surface area contributed by atoms with Crippen LogP contribution in [-0.4, -0.2) is 57.2 Å². The minimum absolute atomic E-state index is 0.0122. The first kappa shape index (κ1) is 15.3. The fraction of sp³-hybridized carbons (Fsp3) is 0.588. The highest BCUT2D eigenvalue weighted by atomic mass is 16.5.